The Labute approximate surface area is 78.6 Å². The van der Waals surface area contributed by atoms with Gasteiger partial charge in [0, 0.05) is 11.9 Å². The molecule has 68 valence electrons. The van der Waals surface area contributed by atoms with Crippen molar-refractivity contribution in [2.24, 2.45) is 11.5 Å². The molecule has 0 atom stereocenters. The lowest BCUT2D eigenvalue weighted by molar-refractivity contribution is 1.31. The average Bonchev–Trinajstić information content (AvgIpc) is 2.15. The number of nitrogens with two attached hydrogens (primary N) is 2. The summed E-state index contributed by atoms with van der Waals surface area (Å²) >= 11 is 0. The third kappa shape index (κ3) is 2.67. The van der Waals surface area contributed by atoms with Crippen LogP contribution >= 0.6 is 0 Å². The van der Waals surface area contributed by atoms with E-state index in [-0.39, 0.29) is 0 Å². The van der Waals surface area contributed by atoms with Crippen LogP contribution in [0.5, 0.6) is 0 Å². The van der Waals surface area contributed by atoms with Crippen molar-refractivity contribution in [2.45, 2.75) is 6.92 Å². The van der Waals surface area contributed by atoms with Gasteiger partial charge in [-0.25, -0.2) is 0 Å². The molecule has 1 rings (SSSR count). The van der Waals surface area contributed by atoms with Gasteiger partial charge in [0.2, 0.25) is 0 Å². The van der Waals surface area contributed by atoms with E-state index in [1.807, 2.05) is 43.3 Å². The van der Waals surface area contributed by atoms with Gasteiger partial charge < -0.3 is 11.5 Å². The quantitative estimate of drug-likeness (QED) is 0.672. The maximum atomic E-state index is 5.57. The summed E-state index contributed by atoms with van der Waals surface area (Å²) in [6.45, 7) is 1.84. The minimum Gasteiger partial charge on any atom is -0.404 e. The predicted molar refractivity (Wildman–Crippen MR) is 56.6 cm³/mol. The molecule has 0 amide bonds. The summed E-state index contributed by atoms with van der Waals surface area (Å²) < 4.78 is 0. The van der Waals surface area contributed by atoms with E-state index in [1.165, 1.54) is 0 Å². The zero-order valence-electron chi connectivity index (χ0n) is 7.70. The highest BCUT2D eigenvalue weighted by atomic mass is 14.5. The molecule has 0 aliphatic carbocycles. The Bertz CT molecular complexity index is 319. The summed E-state index contributed by atoms with van der Waals surface area (Å²) in [4.78, 5) is 0. The number of rotatable bonds is 2. The lowest BCUT2D eigenvalue weighted by atomic mass is 10.1. The molecule has 2 heteroatoms. The average molecular weight is 174 g/mol. The van der Waals surface area contributed by atoms with Crippen molar-refractivity contribution in [3.63, 3.8) is 0 Å². The fourth-order valence-corrected chi connectivity index (χ4v) is 1.10. The molecule has 0 fully saturated rings. The molecule has 0 radical (unpaired) electrons. The van der Waals surface area contributed by atoms with Crippen LogP contribution in [0.3, 0.4) is 0 Å². The SMILES string of the molecule is C/C(N)=C\C(=C/N)c1ccccc1. The largest absolute Gasteiger partial charge is 0.404 e. The summed E-state index contributed by atoms with van der Waals surface area (Å²) in [5.41, 5.74) is 13.8. The zero-order chi connectivity index (χ0) is 9.68. The Kier molecular flexibility index (Phi) is 3.15. The van der Waals surface area contributed by atoms with Gasteiger partial charge in [-0.15, -0.1) is 0 Å². The fraction of sp³-hybridized carbons (Fsp3) is 0.0909. The van der Waals surface area contributed by atoms with E-state index in [2.05, 4.69) is 0 Å². The van der Waals surface area contributed by atoms with Gasteiger partial charge in [0.05, 0.1) is 0 Å². The Morgan fingerprint density at radius 2 is 1.85 bits per heavy atom. The van der Waals surface area contributed by atoms with Crippen molar-refractivity contribution in [1.29, 1.82) is 0 Å². The first-order valence-electron chi connectivity index (χ1n) is 4.15. The van der Waals surface area contributed by atoms with E-state index in [4.69, 9.17) is 11.5 Å². The van der Waals surface area contributed by atoms with Gasteiger partial charge in [-0.1, -0.05) is 30.3 Å². The third-order valence-electron chi connectivity index (χ3n) is 1.67. The van der Waals surface area contributed by atoms with Crippen molar-refractivity contribution < 1.29 is 0 Å². The van der Waals surface area contributed by atoms with E-state index in [0.717, 1.165) is 16.8 Å². The monoisotopic (exact) mass is 174 g/mol. The molecular weight excluding hydrogens is 160 g/mol. The van der Waals surface area contributed by atoms with Crippen molar-refractivity contribution in [2.75, 3.05) is 0 Å². The second kappa shape index (κ2) is 4.36. The minimum absolute atomic E-state index is 0.751. The van der Waals surface area contributed by atoms with E-state index >= 15 is 0 Å². The molecule has 0 aliphatic heterocycles. The van der Waals surface area contributed by atoms with Crippen LogP contribution in [0.2, 0.25) is 0 Å². The molecule has 4 N–H and O–H groups in total. The Hall–Kier alpha value is -1.70. The molecular formula is C11H14N2. The molecule has 0 unspecified atom stereocenters. The van der Waals surface area contributed by atoms with Crippen LogP contribution in [0, 0.1) is 0 Å². The first-order valence-corrected chi connectivity index (χ1v) is 4.15. The zero-order valence-corrected chi connectivity index (χ0v) is 7.70. The maximum Gasteiger partial charge on any atom is 0.00556 e. The van der Waals surface area contributed by atoms with E-state index in [9.17, 15) is 0 Å². The molecule has 0 saturated carbocycles. The molecule has 13 heavy (non-hydrogen) atoms. The van der Waals surface area contributed by atoms with Crippen LogP contribution in [0.4, 0.5) is 0 Å². The van der Waals surface area contributed by atoms with Gasteiger partial charge in [0.1, 0.15) is 0 Å². The first kappa shape index (κ1) is 9.39. The van der Waals surface area contributed by atoms with Gasteiger partial charge >= 0.3 is 0 Å². The highest BCUT2D eigenvalue weighted by molar-refractivity contribution is 5.73. The summed E-state index contributed by atoms with van der Waals surface area (Å²) in [7, 11) is 0. The molecule has 2 nitrogen and oxygen atoms in total. The van der Waals surface area contributed by atoms with E-state index in [0.29, 0.717) is 0 Å². The van der Waals surface area contributed by atoms with Crippen molar-refractivity contribution in [1.82, 2.24) is 0 Å². The molecule has 1 aromatic carbocycles. The summed E-state index contributed by atoms with van der Waals surface area (Å²) in [5, 5.41) is 0. The molecule has 0 bridgehead atoms. The van der Waals surface area contributed by atoms with Gasteiger partial charge in [-0.05, 0) is 24.1 Å². The van der Waals surface area contributed by atoms with Gasteiger partial charge in [-0.2, -0.15) is 0 Å². The van der Waals surface area contributed by atoms with Crippen molar-refractivity contribution in [3.8, 4) is 0 Å². The number of hydrogen-bond acceptors (Lipinski definition) is 2. The second-order valence-corrected chi connectivity index (χ2v) is 2.88. The Morgan fingerprint density at radius 3 is 2.31 bits per heavy atom. The Morgan fingerprint density at radius 1 is 1.23 bits per heavy atom. The Balaban J connectivity index is 3.00. The number of allylic oxidation sites excluding steroid dienone is 3. The molecule has 0 aliphatic rings. The van der Waals surface area contributed by atoms with Crippen molar-refractivity contribution >= 4 is 5.57 Å². The minimum atomic E-state index is 0.751. The highest BCUT2D eigenvalue weighted by Gasteiger charge is 1.95. The topological polar surface area (TPSA) is 52.0 Å². The van der Waals surface area contributed by atoms with Crippen LogP contribution in [0.25, 0.3) is 5.57 Å². The second-order valence-electron chi connectivity index (χ2n) is 2.88. The standard InChI is InChI=1S/C11H14N2/c1-9(13)7-11(8-12)10-5-3-2-4-6-10/h2-8H,12-13H2,1H3/b9-7+,11-8+. The maximum absolute atomic E-state index is 5.57. The van der Waals surface area contributed by atoms with Crippen LogP contribution in [0.1, 0.15) is 12.5 Å². The van der Waals surface area contributed by atoms with E-state index < -0.39 is 0 Å². The molecule has 0 spiro atoms. The van der Waals surface area contributed by atoms with Crippen LogP contribution < -0.4 is 11.5 Å². The first-order chi connectivity index (χ1) is 6.24. The lowest BCUT2D eigenvalue weighted by Gasteiger charge is -2.01. The van der Waals surface area contributed by atoms with Gasteiger partial charge in [0.25, 0.3) is 0 Å². The van der Waals surface area contributed by atoms with Crippen LogP contribution in [-0.2, 0) is 0 Å². The predicted octanol–water partition coefficient (Wildman–Crippen LogP) is 1.85. The fourth-order valence-electron chi connectivity index (χ4n) is 1.10. The molecule has 0 heterocycles. The van der Waals surface area contributed by atoms with E-state index in [1.54, 1.807) is 6.20 Å². The molecule has 0 saturated heterocycles. The van der Waals surface area contributed by atoms with Crippen molar-refractivity contribution in [3.05, 3.63) is 53.9 Å². The van der Waals surface area contributed by atoms with Gasteiger partial charge in [0.15, 0.2) is 0 Å². The number of hydrogen-bond donors (Lipinski definition) is 2. The number of benzene rings is 1. The lowest BCUT2D eigenvalue weighted by Crippen LogP contribution is -1.93. The third-order valence-corrected chi connectivity index (χ3v) is 1.67. The summed E-state index contributed by atoms with van der Waals surface area (Å²) in [6.07, 6.45) is 3.42. The van der Waals surface area contributed by atoms with Gasteiger partial charge in [-0.3, -0.25) is 0 Å². The molecule has 0 aromatic heterocycles. The summed E-state index contributed by atoms with van der Waals surface area (Å²) in [5.74, 6) is 0. The van der Waals surface area contributed by atoms with Crippen LogP contribution in [0.15, 0.2) is 48.3 Å². The molecule has 1 aromatic rings. The van der Waals surface area contributed by atoms with Crippen LogP contribution in [-0.4, -0.2) is 0 Å². The summed E-state index contributed by atoms with van der Waals surface area (Å²) in [6, 6.07) is 9.91. The smallest absolute Gasteiger partial charge is 0.00556 e. The highest BCUT2D eigenvalue weighted by Crippen LogP contribution is 2.14. The normalized spacial score (nSPS) is 13.0.